The molecule has 0 amide bonds. The highest BCUT2D eigenvalue weighted by Gasteiger charge is 2.21. The fourth-order valence-electron chi connectivity index (χ4n) is 4.82. The fraction of sp³-hybridized carbons (Fsp3) is 0.185. The number of aryl methyl sites for hydroxylation is 4. The van der Waals surface area contributed by atoms with Crippen LogP contribution in [-0.4, -0.2) is 32.2 Å². The van der Waals surface area contributed by atoms with Crippen molar-refractivity contribution >= 4 is 32.8 Å². The second-order valence-corrected chi connectivity index (χ2v) is 8.65. The van der Waals surface area contributed by atoms with Crippen molar-refractivity contribution in [1.82, 2.24) is 25.1 Å². The number of nitrogens with one attached hydrogen (secondary N) is 1. The molecule has 0 spiro atoms. The highest BCUT2D eigenvalue weighted by atomic mass is 16.5. The van der Waals surface area contributed by atoms with Gasteiger partial charge in [-0.15, -0.1) is 0 Å². The fourth-order valence-corrected chi connectivity index (χ4v) is 4.82. The van der Waals surface area contributed by atoms with E-state index in [-0.39, 0.29) is 0 Å². The van der Waals surface area contributed by atoms with Gasteiger partial charge in [-0.25, -0.2) is 9.97 Å². The van der Waals surface area contributed by atoms with Gasteiger partial charge in [0.25, 0.3) is 0 Å². The van der Waals surface area contributed by atoms with Gasteiger partial charge in [0.05, 0.1) is 35.0 Å². The van der Waals surface area contributed by atoms with Gasteiger partial charge >= 0.3 is 0 Å². The van der Waals surface area contributed by atoms with E-state index >= 15 is 0 Å². The molecule has 34 heavy (non-hydrogen) atoms. The molecule has 0 saturated carbocycles. The summed E-state index contributed by atoms with van der Waals surface area (Å²) < 4.78 is 11.2. The number of hydrogen-bond donors (Lipinski definition) is 1. The number of aromatic nitrogens is 5. The van der Waals surface area contributed by atoms with Crippen molar-refractivity contribution in [2.75, 3.05) is 7.11 Å². The molecule has 6 rings (SSSR count). The molecule has 0 unspecified atom stereocenters. The minimum atomic E-state index is 0.699. The summed E-state index contributed by atoms with van der Waals surface area (Å²) in [4.78, 5) is 17.8. The van der Waals surface area contributed by atoms with Crippen LogP contribution in [0.15, 0.2) is 47.1 Å². The molecule has 1 N–H and O–H groups in total. The van der Waals surface area contributed by atoms with Gasteiger partial charge in [-0.3, -0.25) is 4.98 Å². The summed E-state index contributed by atoms with van der Waals surface area (Å²) in [5.41, 5.74) is 8.36. The smallest absolute Gasteiger partial charge is 0.142 e. The first-order valence-electron chi connectivity index (χ1n) is 11.1. The Bertz CT molecular complexity index is 1730. The first kappa shape index (κ1) is 20.4. The van der Waals surface area contributed by atoms with Gasteiger partial charge < -0.3 is 14.2 Å². The summed E-state index contributed by atoms with van der Waals surface area (Å²) in [6.07, 6.45) is 1.89. The van der Waals surface area contributed by atoms with Crippen LogP contribution in [0.5, 0.6) is 5.75 Å². The summed E-state index contributed by atoms with van der Waals surface area (Å²) in [5.74, 6) is 2.19. The lowest BCUT2D eigenvalue weighted by Crippen LogP contribution is -1.95. The van der Waals surface area contributed by atoms with Gasteiger partial charge in [-0.05, 0) is 57.5 Å². The van der Waals surface area contributed by atoms with Crippen molar-refractivity contribution in [1.29, 1.82) is 0 Å². The van der Waals surface area contributed by atoms with Gasteiger partial charge in [-0.1, -0.05) is 17.3 Å². The topological polar surface area (TPSA) is 89.7 Å². The van der Waals surface area contributed by atoms with Crippen LogP contribution in [0.2, 0.25) is 0 Å². The molecule has 0 aliphatic carbocycles. The monoisotopic (exact) mass is 449 g/mol. The van der Waals surface area contributed by atoms with Crippen LogP contribution in [0.25, 0.3) is 55.2 Å². The maximum atomic E-state index is 5.83. The molecule has 7 nitrogen and oxygen atoms in total. The number of rotatable bonds is 3. The Hall–Kier alpha value is -4.26. The van der Waals surface area contributed by atoms with Gasteiger partial charge in [0.15, 0.2) is 0 Å². The summed E-state index contributed by atoms with van der Waals surface area (Å²) in [6.45, 7) is 7.81. The maximum absolute atomic E-state index is 5.83. The average Bonchev–Trinajstić information content (AvgIpc) is 3.35. The van der Waals surface area contributed by atoms with E-state index < -0.39 is 0 Å². The van der Waals surface area contributed by atoms with Gasteiger partial charge in [0.2, 0.25) is 0 Å². The lowest BCUT2D eigenvalue weighted by atomic mass is 9.98. The quantitative estimate of drug-likeness (QED) is 0.345. The molecule has 2 aromatic carbocycles. The first-order chi connectivity index (χ1) is 16.4. The summed E-state index contributed by atoms with van der Waals surface area (Å²) >= 11 is 0. The van der Waals surface area contributed by atoms with E-state index in [4.69, 9.17) is 19.2 Å². The molecule has 6 aromatic rings. The molecule has 4 heterocycles. The van der Waals surface area contributed by atoms with Crippen LogP contribution in [-0.2, 0) is 0 Å². The number of nitrogens with zero attached hydrogens (tertiary/aromatic N) is 4. The molecule has 0 radical (unpaired) electrons. The number of hydrogen-bond acceptors (Lipinski definition) is 6. The number of fused-ring (bicyclic) bond motifs is 4. The Morgan fingerprint density at radius 2 is 1.79 bits per heavy atom. The van der Waals surface area contributed by atoms with Crippen LogP contribution in [0.4, 0.5) is 0 Å². The van der Waals surface area contributed by atoms with E-state index in [0.717, 1.165) is 78.0 Å². The normalized spacial score (nSPS) is 11.7. The minimum Gasteiger partial charge on any atom is -0.496 e. The molecular formula is C27H23N5O2. The van der Waals surface area contributed by atoms with Crippen molar-refractivity contribution in [3.63, 3.8) is 0 Å². The van der Waals surface area contributed by atoms with E-state index in [1.165, 1.54) is 0 Å². The summed E-state index contributed by atoms with van der Waals surface area (Å²) in [6, 6.07) is 12.4. The third kappa shape index (κ3) is 2.97. The van der Waals surface area contributed by atoms with Gasteiger partial charge in [-0.2, -0.15) is 0 Å². The minimum absolute atomic E-state index is 0.699. The Morgan fingerprint density at radius 3 is 2.56 bits per heavy atom. The van der Waals surface area contributed by atoms with Crippen LogP contribution in [0.3, 0.4) is 0 Å². The molecule has 4 aromatic heterocycles. The number of aromatic amines is 1. The van der Waals surface area contributed by atoms with Crippen LogP contribution >= 0.6 is 0 Å². The van der Waals surface area contributed by atoms with E-state index in [1.807, 2.05) is 45.2 Å². The van der Waals surface area contributed by atoms with Crippen LogP contribution in [0, 0.1) is 27.7 Å². The lowest BCUT2D eigenvalue weighted by molar-refractivity contribution is 0.393. The number of H-pyrrole nitrogens is 1. The zero-order valence-corrected chi connectivity index (χ0v) is 19.6. The van der Waals surface area contributed by atoms with E-state index in [2.05, 4.69) is 40.2 Å². The van der Waals surface area contributed by atoms with Crippen LogP contribution in [0.1, 0.15) is 22.8 Å². The third-order valence-electron chi connectivity index (χ3n) is 6.30. The second kappa shape index (κ2) is 7.38. The largest absolute Gasteiger partial charge is 0.496 e. The van der Waals surface area contributed by atoms with Crippen molar-refractivity contribution in [3.8, 4) is 28.1 Å². The SMILES string of the molecule is COc1cc2c(cc1-c1c(C)noc1C)[nH]c1nc(C)nc(-c3cccc4ncc(C)cc34)c12. The number of benzene rings is 2. The molecule has 0 atom stereocenters. The standard InChI is InChI=1S/C27H23N5O2/c1-13-9-18-17(7-6-8-21(18)28-12-13)26-25-19-11-23(33-5)20(24-14(2)32-34-15(24)3)10-22(19)31-27(25)30-16(4)29-26/h6-12H,1-5H3,(H,29,30,31). The van der Waals surface area contributed by atoms with Gasteiger partial charge in [0.1, 0.15) is 23.0 Å². The number of ether oxygens (including phenoxy) is 1. The summed E-state index contributed by atoms with van der Waals surface area (Å²) in [7, 11) is 1.68. The van der Waals surface area contributed by atoms with Crippen molar-refractivity contribution < 1.29 is 9.26 Å². The second-order valence-electron chi connectivity index (χ2n) is 8.65. The Morgan fingerprint density at radius 1 is 0.941 bits per heavy atom. The van der Waals surface area contributed by atoms with Crippen molar-refractivity contribution in [2.45, 2.75) is 27.7 Å². The molecule has 0 saturated heterocycles. The molecule has 0 aliphatic heterocycles. The van der Waals surface area contributed by atoms with E-state index in [1.54, 1.807) is 7.11 Å². The molecule has 0 fully saturated rings. The Kier molecular flexibility index (Phi) is 4.42. The molecule has 168 valence electrons. The molecule has 0 bridgehead atoms. The lowest BCUT2D eigenvalue weighted by Gasteiger charge is -2.11. The molecule has 7 heteroatoms. The average molecular weight is 450 g/mol. The van der Waals surface area contributed by atoms with Gasteiger partial charge in [0, 0.05) is 33.6 Å². The van der Waals surface area contributed by atoms with Crippen molar-refractivity contribution in [2.24, 2.45) is 0 Å². The zero-order chi connectivity index (χ0) is 23.6. The summed E-state index contributed by atoms with van der Waals surface area (Å²) in [5, 5.41) is 7.14. The third-order valence-corrected chi connectivity index (χ3v) is 6.30. The number of pyridine rings is 1. The van der Waals surface area contributed by atoms with E-state index in [0.29, 0.717) is 5.82 Å². The van der Waals surface area contributed by atoms with E-state index in [9.17, 15) is 0 Å². The predicted molar refractivity (Wildman–Crippen MR) is 133 cm³/mol. The van der Waals surface area contributed by atoms with Crippen LogP contribution < -0.4 is 4.74 Å². The Labute approximate surface area is 195 Å². The highest BCUT2D eigenvalue weighted by Crippen LogP contribution is 2.42. The maximum Gasteiger partial charge on any atom is 0.142 e. The zero-order valence-electron chi connectivity index (χ0n) is 19.6. The number of methoxy groups -OCH3 is 1. The Balaban J connectivity index is 1.71. The predicted octanol–water partition coefficient (Wildman–Crippen LogP) is 6.22. The highest BCUT2D eigenvalue weighted by molar-refractivity contribution is 6.15. The first-order valence-corrected chi connectivity index (χ1v) is 11.1. The molecule has 0 aliphatic rings. The molecular weight excluding hydrogens is 426 g/mol. The van der Waals surface area contributed by atoms with Crippen molar-refractivity contribution in [3.05, 3.63) is 65.4 Å².